The quantitative estimate of drug-likeness (QED) is 0.458. The van der Waals surface area contributed by atoms with Crippen molar-refractivity contribution in [2.75, 3.05) is 6.61 Å². The molecule has 4 nitrogen and oxygen atoms in total. The first-order valence-electron chi connectivity index (χ1n) is 11.0. The van der Waals surface area contributed by atoms with Gasteiger partial charge in [-0.2, -0.15) is 0 Å². The number of hydrogen-bond donors (Lipinski definition) is 0. The van der Waals surface area contributed by atoms with Gasteiger partial charge in [0.15, 0.2) is 5.78 Å². The average Bonchev–Trinajstić information content (AvgIpc) is 2.98. The number of alkyl halides is 1. The molecule has 4 saturated carbocycles. The van der Waals surface area contributed by atoms with Crippen molar-refractivity contribution < 1.29 is 19.1 Å². The topological polar surface area (TPSA) is 60.4 Å². The summed E-state index contributed by atoms with van der Waals surface area (Å²) in [4.78, 5) is 36.3. The van der Waals surface area contributed by atoms with Gasteiger partial charge in [-0.3, -0.25) is 14.4 Å². The molecule has 0 aromatic rings. The Labute approximate surface area is 176 Å². The van der Waals surface area contributed by atoms with Crippen molar-refractivity contribution in [1.82, 2.24) is 0 Å². The van der Waals surface area contributed by atoms with E-state index in [4.69, 9.17) is 4.74 Å². The molecule has 0 aromatic heterocycles. The normalized spacial score (nSPS) is 47.6. The van der Waals surface area contributed by atoms with Crippen LogP contribution in [-0.4, -0.2) is 29.0 Å². The molecule has 0 radical (unpaired) electrons. The number of fused-ring (bicyclic) bond motifs is 5. The van der Waals surface area contributed by atoms with Crippen molar-refractivity contribution >= 4 is 33.5 Å². The lowest BCUT2D eigenvalue weighted by atomic mass is 9.44. The number of ether oxygens (including phenoxy) is 1. The lowest BCUT2D eigenvalue weighted by molar-refractivity contribution is -0.151. The van der Waals surface area contributed by atoms with E-state index < -0.39 is 0 Å². The van der Waals surface area contributed by atoms with Gasteiger partial charge in [-0.15, -0.1) is 0 Å². The summed E-state index contributed by atoms with van der Waals surface area (Å²) < 4.78 is 5.03. The fourth-order valence-corrected chi connectivity index (χ4v) is 8.75. The highest BCUT2D eigenvalue weighted by Gasteiger charge is 2.61. The Kier molecular flexibility index (Phi) is 5.29. The zero-order valence-corrected chi connectivity index (χ0v) is 18.9. The van der Waals surface area contributed by atoms with Crippen molar-refractivity contribution in [3.05, 3.63) is 0 Å². The summed E-state index contributed by atoms with van der Waals surface area (Å²) in [5.41, 5.74) is 0.284. The molecule has 4 fully saturated rings. The van der Waals surface area contributed by atoms with Gasteiger partial charge in [-0.25, -0.2) is 0 Å². The van der Waals surface area contributed by atoms with Crippen LogP contribution in [0.25, 0.3) is 0 Å². The number of esters is 1. The molecule has 4 rings (SSSR count). The molecule has 156 valence electrons. The Morgan fingerprint density at radius 2 is 1.79 bits per heavy atom. The van der Waals surface area contributed by atoms with Gasteiger partial charge < -0.3 is 4.74 Å². The van der Waals surface area contributed by atoms with Crippen LogP contribution < -0.4 is 0 Å². The van der Waals surface area contributed by atoms with Crippen molar-refractivity contribution in [1.29, 1.82) is 0 Å². The minimum Gasteiger partial charge on any atom is -0.458 e. The first-order chi connectivity index (χ1) is 13.2. The summed E-state index contributed by atoms with van der Waals surface area (Å²) in [5, 5.41) is 0. The summed E-state index contributed by atoms with van der Waals surface area (Å²) in [6.45, 7) is 6.06. The van der Waals surface area contributed by atoms with E-state index in [0.717, 1.165) is 44.9 Å². The van der Waals surface area contributed by atoms with Crippen LogP contribution in [0.3, 0.4) is 0 Å². The summed E-state index contributed by atoms with van der Waals surface area (Å²) >= 11 is 3.66. The second kappa shape index (κ2) is 7.21. The van der Waals surface area contributed by atoms with E-state index in [1.807, 2.05) is 0 Å². The average molecular weight is 453 g/mol. The summed E-state index contributed by atoms with van der Waals surface area (Å²) in [6.07, 6.45) is 8.36. The second-order valence-electron chi connectivity index (χ2n) is 10.4. The third-order valence-electron chi connectivity index (χ3n) is 9.29. The third-order valence-corrected chi connectivity index (χ3v) is 10.1. The molecular formula is C23H33BrO4. The standard InChI is InChI=1S/C23H33BrO4/c1-13(25)28-12-21(27)18-7-6-16-15-5-4-14-10-20(26)19(24)11-23(14,3)17(15)8-9-22(16,18)2/h14-19H,4-12H2,1-3H3/t14-,15-,16+,17+,18-,19?,22-,23+/m1/s1. The Bertz CT molecular complexity index is 690. The lowest BCUT2D eigenvalue weighted by Crippen LogP contribution is -2.55. The van der Waals surface area contributed by atoms with E-state index in [0.29, 0.717) is 29.5 Å². The number of carbonyl (C=O) groups is 3. The number of hydrogen-bond acceptors (Lipinski definition) is 4. The zero-order chi connectivity index (χ0) is 20.3. The largest absolute Gasteiger partial charge is 0.458 e. The number of carbonyl (C=O) groups excluding carboxylic acids is 3. The zero-order valence-electron chi connectivity index (χ0n) is 17.3. The van der Waals surface area contributed by atoms with Crippen LogP contribution in [0.2, 0.25) is 0 Å². The van der Waals surface area contributed by atoms with Gasteiger partial charge in [-0.1, -0.05) is 29.8 Å². The van der Waals surface area contributed by atoms with Crippen LogP contribution in [-0.2, 0) is 19.1 Å². The minimum atomic E-state index is -0.376. The molecule has 0 bridgehead atoms. The van der Waals surface area contributed by atoms with E-state index in [1.54, 1.807) is 0 Å². The fraction of sp³-hybridized carbons (Fsp3) is 0.870. The van der Waals surface area contributed by atoms with Gasteiger partial charge in [0.05, 0.1) is 4.83 Å². The fourth-order valence-electron chi connectivity index (χ4n) is 7.86. The summed E-state index contributed by atoms with van der Waals surface area (Å²) in [5.74, 6) is 2.60. The van der Waals surface area contributed by atoms with Crippen LogP contribution in [0.1, 0.15) is 72.1 Å². The van der Waals surface area contributed by atoms with E-state index in [2.05, 4.69) is 29.8 Å². The Hall–Kier alpha value is -0.710. The summed E-state index contributed by atoms with van der Waals surface area (Å²) in [6, 6.07) is 0. The predicted octanol–water partition coefficient (Wildman–Crippen LogP) is 4.72. The molecule has 4 aliphatic carbocycles. The molecule has 28 heavy (non-hydrogen) atoms. The van der Waals surface area contributed by atoms with E-state index in [1.165, 1.54) is 13.3 Å². The summed E-state index contributed by atoms with van der Waals surface area (Å²) in [7, 11) is 0. The number of Topliss-reactive ketones (excluding diaryl/α,β-unsaturated/α-hetero) is 2. The second-order valence-corrected chi connectivity index (χ2v) is 11.5. The maximum absolute atomic E-state index is 12.8. The molecule has 0 amide bonds. The van der Waals surface area contributed by atoms with Gasteiger partial charge >= 0.3 is 5.97 Å². The van der Waals surface area contributed by atoms with E-state index in [-0.39, 0.29) is 39.9 Å². The lowest BCUT2D eigenvalue weighted by Gasteiger charge is -2.60. The number of rotatable bonds is 3. The molecular weight excluding hydrogens is 420 g/mol. The van der Waals surface area contributed by atoms with Crippen LogP contribution >= 0.6 is 15.9 Å². The van der Waals surface area contributed by atoms with Crippen LogP contribution in [0, 0.1) is 40.4 Å². The molecule has 1 unspecified atom stereocenters. The molecule has 0 heterocycles. The highest BCUT2D eigenvalue weighted by Crippen LogP contribution is 2.67. The first-order valence-corrected chi connectivity index (χ1v) is 11.9. The van der Waals surface area contributed by atoms with Gasteiger partial charge in [0.25, 0.3) is 0 Å². The molecule has 0 spiro atoms. The van der Waals surface area contributed by atoms with Crippen molar-refractivity contribution in [2.45, 2.75) is 77.0 Å². The molecule has 0 aromatic carbocycles. The monoisotopic (exact) mass is 452 g/mol. The smallest absolute Gasteiger partial charge is 0.303 e. The maximum Gasteiger partial charge on any atom is 0.303 e. The number of ketones is 2. The molecule has 8 atom stereocenters. The molecule has 0 aliphatic heterocycles. The van der Waals surface area contributed by atoms with E-state index >= 15 is 0 Å². The third kappa shape index (κ3) is 3.11. The van der Waals surface area contributed by atoms with Gasteiger partial charge in [0.1, 0.15) is 12.4 Å². The van der Waals surface area contributed by atoms with Crippen molar-refractivity contribution in [2.24, 2.45) is 40.4 Å². The SMILES string of the molecule is CC(=O)OCC(=O)[C@H]1CC[C@H]2[C@H]3CC[C@@H]4CC(=O)C(Br)C[C@]4(C)[C@H]3CC[C@@]12C. The Balaban J connectivity index is 1.54. The number of halogens is 1. The Morgan fingerprint density at radius 1 is 1.07 bits per heavy atom. The van der Waals surface area contributed by atoms with Crippen molar-refractivity contribution in [3.63, 3.8) is 0 Å². The predicted molar refractivity (Wildman–Crippen MR) is 110 cm³/mol. The molecule has 5 heteroatoms. The minimum absolute atomic E-state index is 0.0162. The van der Waals surface area contributed by atoms with Gasteiger partial charge in [0.2, 0.25) is 0 Å². The van der Waals surface area contributed by atoms with Gasteiger partial charge in [0, 0.05) is 19.3 Å². The molecule has 4 aliphatic rings. The van der Waals surface area contributed by atoms with Crippen LogP contribution in [0.5, 0.6) is 0 Å². The van der Waals surface area contributed by atoms with Gasteiger partial charge in [-0.05, 0) is 79.4 Å². The first kappa shape index (κ1) is 20.6. The van der Waals surface area contributed by atoms with E-state index in [9.17, 15) is 14.4 Å². The Morgan fingerprint density at radius 3 is 2.50 bits per heavy atom. The highest BCUT2D eigenvalue weighted by atomic mass is 79.9. The molecule has 0 N–H and O–H groups in total. The highest BCUT2D eigenvalue weighted by molar-refractivity contribution is 9.10. The van der Waals surface area contributed by atoms with Crippen molar-refractivity contribution in [3.8, 4) is 0 Å². The molecule has 0 saturated heterocycles. The maximum atomic E-state index is 12.8. The van der Waals surface area contributed by atoms with Crippen LogP contribution in [0.15, 0.2) is 0 Å². The van der Waals surface area contributed by atoms with Crippen LogP contribution in [0.4, 0.5) is 0 Å².